The molecule has 6 nitrogen and oxygen atoms in total. The highest BCUT2D eigenvalue weighted by atomic mass is 127. The molecular weight excluding hydrogens is 419 g/mol. The highest BCUT2D eigenvalue weighted by molar-refractivity contribution is 14.0. The van der Waals surface area contributed by atoms with Crippen molar-refractivity contribution in [1.82, 2.24) is 10.2 Å². The van der Waals surface area contributed by atoms with E-state index in [0.29, 0.717) is 18.4 Å². The minimum atomic E-state index is -0.205. The average molecular weight is 452 g/mol. The van der Waals surface area contributed by atoms with Crippen LogP contribution in [0.1, 0.15) is 51.4 Å². The van der Waals surface area contributed by atoms with Gasteiger partial charge in [-0.25, -0.2) is 0 Å². The van der Waals surface area contributed by atoms with Crippen molar-refractivity contribution in [1.29, 1.82) is 0 Å². The van der Waals surface area contributed by atoms with E-state index >= 15 is 0 Å². The number of amides is 1. The summed E-state index contributed by atoms with van der Waals surface area (Å²) in [6.07, 6.45) is 9.21. The van der Waals surface area contributed by atoms with Crippen molar-refractivity contribution < 1.29 is 9.53 Å². The average Bonchev–Trinajstić information content (AvgIpc) is 3.04. The second-order valence-electron chi connectivity index (χ2n) is 6.73. The van der Waals surface area contributed by atoms with E-state index in [2.05, 4.69) is 15.2 Å². The van der Waals surface area contributed by atoms with Crippen LogP contribution in [0.3, 0.4) is 0 Å². The van der Waals surface area contributed by atoms with Gasteiger partial charge in [-0.2, -0.15) is 0 Å². The zero-order valence-corrected chi connectivity index (χ0v) is 17.2. The molecule has 1 unspecified atom stereocenters. The normalized spacial score (nSPS) is 22.3. The number of primary amides is 1. The summed E-state index contributed by atoms with van der Waals surface area (Å²) in [6.45, 7) is 3.55. The summed E-state index contributed by atoms with van der Waals surface area (Å²) in [6, 6.07) is 0. The number of aliphatic imine (C=N–C) groups is 1. The maximum absolute atomic E-state index is 11.1. The molecule has 0 aromatic rings. The number of hydrogen-bond acceptors (Lipinski definition) is 3. The van der Waals surface area contributed by atoms with Gasteiger partial charge in [-0.15, -0.1) is 24.0 Å². The molecule has 0 radical (unpaired) electrons. The van der Waals surface area contributed by atoms with Gasteiger partial charge in [-0.3, -0.25) is 9.79 Å². The Bertz CT molecular complexity index is 400. The Hall–Kier alpha value is -0.570. The quantitative estimate of drug-likeness (QED) is 0.269. The lowest BCUT2D eigenvalue weighted by Gasteiger charge is -2.34. The molecule has 2 aliphatic rings. The third kappa shape index (κ3) is 7.55. The van der Waals surface area contributed by atoms with Gasteiger partial charge in [0.2, 0.25) is 5.91 Å². The van der Waals surface area contributed by atoms with Crippen molar-refractivity contribution in [3.63, 3.8) is 0 Å². The van der Waals surface area contributed by atoms with Crippen LogP contribution in [0.2, 0.25) is 0 Å². The van der Waals surface area contributed by atoms with Crippen molar-refractivity contribution in [3.05, 3.63) is 0 Å². The Labute approximate surface area is 163 Å². The number of likely N-dealkylation sites (tertiary alicyclic amines) is 1. The lowest BCUT2D eigenvalue weighted by atomic mass is 9.95. The fourth-order valence-electron chi connectivity index (χ4n) is 3.62. The van der Waals surface area contributed by atoms with Crippen LogP contribution in [0.25, 0.3) is 0 Å². The minimum absolute atomic E-state index is 0. The second kappa shape index (κ2) is 11.9. The number of nitrogens with two attached hydrogens (primary N) is 1. The van der Waals surface area contributed by atoms with Crippen LogP contribution in [-0.4, -0.2) is 56.2 Å². The number of nitrogens with zero attached hydrogens (tertiary/aromatic N) is 2. The Kier molecular flexibility index (Phi) is 10.6. The number of rotatable bonds is 7. The first kappa shape index (κ1) is 21.5. The molecule has 140 valence electrons. The number of ether oxygens (including phenoxy) is 1. The maximum Gasteiger partial charge on any atom is 0.217 e. The van der Waals surface area contributed by atoms with Crippen LogP contribution in [0.5, 0.6) is 0 Å². The van der Waals surface area contributed by atoms with E-state index in [1.807, 2.05) is 7.05 Å². The summed E-state index contributed by atoms with van der Waals surface area (Å²) in [7, 11) is 1.81. The second-order valence-corrected chi connectivity index (χ2v) is 6.73. The number of carbonyl (C=O) groups is 1. The van der Waals surface area contributed by atoms with E-state index in [1.165, 1.54) is 25.7 Å². The van der Waals surface area contributed by atoms with Gasteiger partial charge in [0.05, 0.1) is 6.10 Å². The summed E-state index contributed by atoms with van der Waals surface area (Å²) in [4.78, 5) is 17.7. The molecule has 1 saturated heterocycles. The molecule has 24 heavy (non-hydrogen) atoms. The number of halogens is 1. The van der Waals surface area contributed by atoms with Gasteiger partial charge in [-0.05, 0) is 38.0 Å². The molecule has 1 amide bonds. The van der Waals surface area contributed by atoms with Crippen LogP contribution in [0, 0.1) is 5.92 Å². The van der Waals surface area contributed by atoms with Gasteiger partial charge in [0.15, 0.2) is 5.96 Å². The summed E-state index contributed by atoms with van der Waals surface area (Å²) in [5.41, 5.74) is 5.33. The molecule has 1 aliphatic heterocycles. The molecule has 0 aromatic heterocycles. The summed E-state index contributed by atoms with van der Waals surface area (Å²) < 4.78 is 5.88. The van der Waals surface area contributed by atoms with Crippen molar-refractivity contribution in [2.24, 2.45) is 16.6 Å². The van der Waals surface area contributed by atoms with E-state index in [0.717, 1.165) is 51.5 Å². The van der Waals surface area contributed by atoms with E-state index < -0.39 is 0 Å². The van der Waals surface area contributed by atoms with Crippen molar-refractivity contribution in [3.8, 4) is 0 Å². The third-order valence-corrected chi connectivity index (χ3v) is 4.78. The topological polar surface area (TPSA) is 80.0 Å². The fourth-order valence-corrected chi connectivity index (χ4v) is 3.62. The van der Waals surface area contributed by atoms with E-state index in [1.54, 1.807) is 0 Å². The van der Waals surface area contributed by atoms with Crippen molar-refractivity contribution in [2.45, 2.75) is 57.5 Å². The van der Waals surface area contributed by atoms with E-state index in [9.17, 15) is 4.79 Å². The highest BCUT2D eigenvalue weighted by Crippen LogP contribution is 2.21. The monoisotopic (exact) mass is 452 g/mol. The molecule has 0 bridgehead atoms. The van der Waals surface area contributed by atoms with Crippen molar-refractivity contribution >= 4 is 35.8 Å². The molecule has 0 spiro atoms. The Morgan fingerprint density at radius 3 is 2.71 bits per heavy atom. The SMILES string of the molecule is CN=C(NCCCOC1CCCC1)N1CCCC(CC(N)=O)C1.I. The van der Waals surface area contributed by atoms with Crippen LogP contribution >= 0.6 is 24.0 Å². The molecular formula is C17H33IN4O2. The highest BCUT2D eigenvalue weighted by Gasteiger charge is 2.23. The van der Waals surface area contributed by atoms with Gasteiger partial charge in [-0.1, -0.05) is 12.8 Å². The number of carbonyl (C=O) groups excluding carboxylic acids is 1. The first-order valence-electron chi connectivity index (χ1n) is 9.04. The third-order valence-electron chi connectivity index (χ3n) is 4.78. The first-order valence-corrected chi connectivity index (χ1v) is 9.04. The van der Waals surface area contributed by atoms with Gasteiger partial charge in [0.25, 0.3) is 0 Å². The van der Waals surface area contributed by atoms with E-state index in [-0.39, 0.29) is 29.9 Å². The summed E-state index contributed by atoms with van der Waals surface area (Å²) in [5, 5.41) is 3.42. The zero-order chi connectivity index (χ0) is 16.5. The maximum atomic E-state index is 11.1. The summed E-state index contributed by atoms with van der Waals surface area (Å²) in [5.74, 6) is 1.08. The Morgan fingerprint density at radius 1 is 1.29 bits per heavy atom. The molecule has 1 heterocycles. The number of guanidine groups is 1. The number of hydrogen-bond donors (Lipinski definition) is 2. The molecule has 1 saturated carbocycles. The molecule has 0 aromatic carbocycles. The number of nitrogens with one attached hydrogen (secondary N) is 1. The Morgan fingerprint density at radius 2 is 2.04 bits per heavy atom. The zero-order valence-electron chi connectivity index (χ0n) is 14.8. The lowest BCUT2D eigenvalue weighted by Crippen LogP contribution is -2.47. The lowest BCUT2D eigenvalue weighted by molar-refractivity contribution is -0.119. The van der Waals surface area contributed by atoms with Crippen LogP contribution < -0.4 is 11.1 Å². The molecule has 7 heteroatoms. The van der Waals surface area contributed by atoms with Gasteiger partial charge in [0, 0.05) is 39.7 Å². The molecule has 2 rings (SSSR count). The Balaban J connectivity index is 0.00000288. The largest absolute Gasteiger partial charge is 0.378 e. The summed E-state index contributed by atoms with van der Waals surface area (Å²) >= 11 is 0. The van der Waals surface area contributed by atoms with Crippen molar-refractivity contribution in [2.75, 3.05) is 33.3 Å². The minimum Gasteiger partial charge on any atom is -0.378 e. The molecule has 3 N–H and O–H groups in total. The van der Waals surface area contributed by atoms with Gasteiger partial charge >= 0.3 is 0 Å². The van der Waals surface area contributed by atoms with Gasteiger partial charge in [0.1, 0.15) is 0 Å². The van der Waals surface area contributed by atoms with Gasteiger partial charge < -0.3 is 20.7 Å². The molecule has 1 aliphatic carbocycles. The van der Waals surface area contributed by atoms with Crippen LogP contribution in [0.4, 0.5) is 0 Å². The van der Waals surface area contributed by atoms with Crippen LogP contribution in [-0.2, 0) is 9.53 Å². The molecule has 2 fully saturated rings. The number of piperidine rings is 1. The predicted octanol–water partition coefficient (Wildman–Crippen LogP) is 2.12. The van der Waals surface area contributed by atoms with E-state index in [4.69, 9.17) is 10.5 Å². The molecule has 1 atom stereocenters. The van der Waals surface area contributed by atoms with Crippen LogP contribution in [0.15, 0.2) is 4.99 Å². The fraction of sp³-hybridized carbons (Fsp3) is 0.882. The standard InChI is InChI=1S/C17H32N4O2.HI/c1-19-17(20-9-5-11-23-15-7-2-3-8-15)21-10-4-6-14(13-21)12-16(18)22;/h14-15H,2-13H2,1H3,(H2,18,22)(H,19,20);1H. The smallest absolute Gasteiger partial charge is 0.217 e. The predicted molar refractivity (Wildman–Crippen MR) is 108 cm³/mol. The first-order chi connectivity index (χ1) is 11.2.